The molecule has 2 fully saturated rings. The predicted octanol–water partition coefficient (Wildman–Crippen LogP) is 2.47. The second kappa shape index (κ2) is 15.0. The molecule has 0 aromatic heterocycles. The second-order valence-electron chi connectivity index (χ2n) is 10.6. The number of amides is 2. The summed E-state index contributed by atoms with van der Waals surface area (Å²) in [5.74, 6) is 1.36. The first-order valence-electron chi connectivity index (χ1n) is 13.8. The number of hydrogen-bond acceptors (Lipinski definition) is 6. The van der Waals surface area contributed by atoms with E-state index >= 15 is 0 Å². The van der Waals surface area contributed by atoms with Crippen molar-refractivity contribution < 1.29 is 23.3 Å². The lowest BCUT2D eigenvalue weighted by molar-refractivity contribution is -0.137. The molecule has 0 spiro atoms. The summed E-state index contributed by atoms with van der Waals surface area (Å²) in [5.41, 5.74) is 1.84. The SMILES string of the molecule is COc1cc(C)c(S(=O)N(C)CCOCC(=O)N(C)CC2CCN(C(=O)CCN3CCCC3)CC2)c(C)c1. The summed E-state index contributed by atoms with van der Waals surface area (Å²) in [6.45, 7) is 9.98. The van der Waals surface area contributed by atoms with Gasteiger partial charge in [-0.2, -0.15) is 0 Å². The minimum absolute atomic E-state index is 0.00535. The van der Waals surface area contributed by atoms with E-state index in [0.717, 1.165) is 67.3 Å². The highest BCUT2D eigenvalue weighted by atomic mass is 32.2. The van der Waals surface area contributed by atoms with Gasteiger partial charge in [0.2, 0.25) is 11.8 Å². The Labute approximate surface area is 231 Å². The molecule has 2 amide bonds. The number of piperidine rings is 1. The number of ether oxygens (including phenoxy) is 2. The van der Waals surface area contributed by atoms with Crippen LogP contribution >= 0.6 is 0 Å². The van der Waals surface area contributed by atoms with Crippen molar-refractivity contribution in [2.24, 2.45) is 5.92 Å². The predicted molar refractivity (Wildman–Crippen MR) is 150 cm³/mol. The molecule has 3 rings (SSSR count). The van der Waals surface area contributed by atoms with E-state index in [1.54, 1.807) is 23.4 Å². The number of nitrogens with zero attached hydrogens (tertiary/aromatic N) is 4. The molecule has 214 valence electrons. The average molecular weight is 551 g/mol. The zero-order chi connectivity index (χ0) is 27.7. The van der Waals surface area contributed by atoms with Crippen molar-refractivity contribution in [3.05, 3.63) is 23.3 Å². The van der Waals surface area contributed by atoms with Gasteiger partial charge in [-0.15, -0.1) is 0 Å². The maximum absolute atomic E-state index is 13.0. The molecule has 38 heavy (non-hydrogen) atoms. The van der Waals surface area contributed by atoms with E-state index in [0.29, 0.717) is 32.0 Å². The van der Waals surface area contributed by atoms with Crippen molar-refractivity contribution in [2.45, 2.75) is 50.8 Å². The number of rotatable bonds is 13. The fourth-order valence-corrected chi connectivity index (χ4v) is 6.50. The van der Waals surface area contributed by atoms with Crippen LogP contribution in [0.3, 0.4) is 0 Å². The number of carbonyl (C=O) groups is 2. The molecular weight excluding hydrogens is 504 g/mol. The number of methoxy groups -OCH3 is 1. The Morgan fingerprint density at radius 1 is 1.05 bits per heavy atom. The number of likely N-dealkylation sites (N-methyl/N-ethyl adjacent to an activating group) is 2. The number of likely N-dealkylation sites (tertiary alicyclic amines) is 2. The van der Waals surface area contributed by atoms with Crippen LogP contribution in [0.5, 0.6) is 5.75 Å². The van der Waals surface area contributed by atoms with E-state index in [2.05, 4.69) is 4.90 Å². The molecule has 9 nitrogen and oxygen atoms in total. The highest BCUT2D eigenvalue weighted by Gasteiger charge is 2.25. The molecule has 1 unspecified atom stereocenters. The highest BCUT2D eigenvalue weighted by Crippen LogP contribution is 2.25. The number of carbonyl (C=O) groups excluding carboxylic acids is 2. The molecule has 2 heterocycles. The first kappa shape index (κ1) is 30.5. The minimum Gasteiger partial charge on any atom is -0.497 e. The Hall–Kier alpha value is -2.01. The zero-order valence-corrected chi connectivity index (χ0v) is 24.7. The lowest BCUT2D eigenvalue weighted by atomic mass is 9.96. The Balaban J connectivity index is 1.31. The Kier molecular flexibility index (Phi) is 12.0. The molecule has 0 bridgehead atoms. The number of hydrogen-bond donors (Lipinski definition) is 0. The van der Waals surface area contributed by atoms with Crippen LogP contribution in [-0.2, 0) is 25.3 Å². The van der Waals surface area contributed by atoms with Gasteiger partial charge in [0.15, 0.2) is 0 Å². The van der Waals surface area contributed by atoms with Crippen molar-refractivity contribution in [3.8, 4) is 5.75 Å². The van der Waals surface area contributed by atoms with Crippen molar-refractivity contribution in [1.29, 1.82) is 0 Å². The molecule has 0 radical (unpaired) electrons. The third-order valence-electron chi connectivity index (χ3n) is 7.67. The van der Waals surface area contributed by atoms with Crippen LogP contribution < -0.4 is 4.74 Å². The van der Waals surface area contributed by atoms with Gasteiger partial charge in [0.1, 0.15) is 23.3 Å². The second-order valence-corrected chi connectivity index (χ2v) is 12.2. The van der Waals surface area contributed by atoms with E-state index in [4.69, 9.17) is 9.47 Å². The molecule has 2 aliphatic rings. The number of aryl methyl sites for hydroxylation is 2. The molecule has 2 saturated heterocycles. The van der Waals surface area contributed by atoms with E-state index in [9.17, 15) is 13.8 Å². The van der Waals surface area contributed by atoms with Gasteiger partial charge in [-0.25, -0.2) is 8.51 Å². The standard InChI is InChI=1S/C28H46N4O5S/c1-22-18-25(36-5)19-23(2)28(22)38(35)30(4)16-17-37-21-27(34)29(3)20-24-8-14-32(15-9-24)26(33)10-13-31-11-6-7-12-31/h18-19,24H,6-17,20-21H2,1-5H3. The first-order chi connectivity index (χ1) is 18.2. The largest absolute Gasteiger partial charge is 0.497 e. The summed E-state index contributed by atoms with van der Waals surface area (Å²) < 4.78 is 25.7. The highest BCUT2D eigenvalue weighted by molar-refractivity contribution is 7.82. The van der Waals surface area contributed by atoms with Crippen LogP contribution in [0, 0.1) is 19.8 Å². The van der Waals surface area contributed by atoms with Gasteiger partial charge in [0, 0.05) is 53.2 Å². The molecule has 1 atom stereocenters. The van der Waals surface area contributed by atoms with Crippen LogP contribution in [0.1, 0.15) is 43.2 Å². The van der Waals surface area contributed by atoms with Crippen molar-refractivity contribution in [3.63, 3.8) is 0 Å². The lowest BCUT2D eigenvalue weighted by Gasteiger charge is -2.34. The minimum atomic E-state index is -1.33. The molecule has 10 heteroatoms. The van der Waals surface area contributed by atoms with Gasteiger partial charge in [0.25, 0.3) is 0 Å². The fourth-order valence-electron chi connectivity index (χ4n) is 5.28. The summed E-state index contributed by atoms with van der Waals surface area (Å²) in [4.78, 5) is 32.0. The van der Waals surface area contributed by atoms with Crippen LogP contribution in [0.4, 0.5) is 0 Å². The first-order valence-corrected chi connectivity index (χ1v) is 14.9. The average Bonchev–Trinajstić information content (AvgIpc) is 3.43. The van der Waals surface area contributed by atoms with E-state index in [-0.39, 0.29) is 18.4 Å². The third-order valence-corrected chi connectivity index (χ3v) is 9.41. The molecule has 2 aliphatic heterocycles. The van der Waals surface area contributed by atoms with Crippen LogP contribution in [0.15, 0.2) is 17.0 Å². The van der Waals surface area contributed by atoms with Crippen LogP contribution in [-0.4, -0.2) is 115 Å². The van der Waals surface area contributed by atoms with Crippen LogP contribution in [0.2, 0.25) is 0 Å². The van der Waals surface area contributed by atoms with Crippen LogP contribution in [0.25, 0.3) is 0 Å². The Morgan fingerprint density at radius 3 is 2.29 bits per heavy atom. The Bertz CT molecular complexity index is 938. The van der Waals surface area contributed by atoms with E-state index < -0.39 is 11.0 Å². The normalized spacial score (nSPS) is 17.7. The van der Waals surface area contributed by atoms with Gasteiger partial charge in [0.05, 0.1) is 18.6 Å². The third kappa shape index (κ3) is 8.76. The topological polar surface area (TPSA) is 82.6 Å². The molecule has 1 aromatic rings. The number of benzene rings is 1. The zero-order valence-electron chi connectivity index (χ0n) is 23.9. The van der Waals surface area contributed by atoms with E-state index in [1.807, 2.05) is 37.9 Å². The molecule has 0 N–H and O–H groups in total. The van der Waals surface area contributed by atoms with Gasteiger partial charge < -0.3 is 24.2 Å². The lowest BCUT2D eigenvalue weighted by Crippen LogP contribution is -2.43. The molecule has 0 aliphatic carbocycles. The van der Waals surface area contributed by atoms with Gasteiger partial charge >= 0.3 is 0 Å². The summed E-state index contributed by atoms with van der Waals surface area (Å²) >= 11 is 0. The summed E-state index contributed by atoms with van der Waals surface area (Å²) in [6.07, 6.45) is 4.96. The van der Waals surface area contributed by atoms with Crippen molar-refractivity contribution in [1.82, 2.24) is 19.0 Å². The monoisotopic (exact) mass is 550 g/mol. The van der Waals surface area contributed by atoms with Gasteiger partial charge in [-0.3, -0.25) is 9.59 Å². The quantitative estimate of drug-likeness (QED) is 0.351. The maximum Gasteiger partial charge on any atom is 0.248 e. The van der Waals surface area contributed by atoms with Crippen molar-refractivity contribution in [2.75, 3.05) is 80.2 Å². The molecule has 0 saturated carbocycles. The van der Waals surface area contributed by atoms with E-state index in [1.165, 1.54) is 12.8 Å². The smallest absolute Gasteiger partial charge is 0.248 e. The Morgan fingerprint density at radius 2 is 1.68 bits per heavy atom. The fraction of sp³-hybridized carbons (Fsp3) is 0.714. The summed E-state index contributed by atoms with van der Waals surface area (Å²) in [7, 11) is 3.90. The molecule has 1 aromatic carbocycles. The maximum atomic E-state index is 13.0. The summed E-state index contributed by atoms with van der Waals surface area (Å²) in [6, 6.07) is 3.77. The van der Waals surface area contributed by atoms with Gasteiger partial charge in [-0.1, -0.05) is 0 Å². The summed E-state index contributed by atoms with van der Waals surface area (Å²) in [5, 5.41) is 0. The van der Waals surface area contributed by atoms with Gasteiger partial charge in [-0.05, 0) is 81.8 Å². The molecular formula is C28H46N4O5S. The van der Waals surface area contributed by atoms with Crippen molar-refractivity contribution >= 4 is 22.8 Å².